The van der Waals surface area contributed by atoms with Crippen LogP contribution in [0.25, 0.3) is 17.5 Å². The number of aliphatic hydroxyl groups is 1. The molecule has 0 bridgehead atoms. The third-order valence-electron chi connectivity index (χ3n) is 7.01. The van der Waals surface area contributed by atoms with Crippen molar-refractivity contribution >= 4 is 23.6 Å². The molecule has 4 aromatic rings. The normalized spacial score (nSPS) is 13.8. The number of nitrogens with zero attached hydrogens (tertiary/aromatic N) is 3. The monoisotopic (exact) mass is 510 g/mol. The maximum atomic E-state index is 13.7. The molecular formula is C31H31FN4O2. The Morgan fingerprint density at radius 1 is 0.947 bits per heavy atom. The number of aryl methyl sites for hydroxylation is 2. The third kappa shape index (κ3) is 4.85. The predicted molar refractivity (Wildman–Crippen MR) is 148 cm³/mol. The second-order valence-corrected chi connectivity index (χ2v) is 10.4. The van der Waals surface area contributed by atoms with Gasteiger partial charge in [-0.15, -0.1) is 0 Å². The number of rotatable bonds is 6. The molecule has 1 amide bonds. The number of hydrogen-bond donors (Lipinski definition) is 2. The molecule has 2 heterocycles. The smallest absolute Gasteiger partial charge is 0.235 e. The van der Waals surface area contributed by atoms with Crippen LogP contribution in [-0.4, -0.2) is 25.5 Å². The van der Waals surface area contributed by atoms with Gasteiger partial charge in [0.25, 0.3) is 0 Å². The van der Waals surface area contributed by atoms with Crippen molar-refractivity contribution in [2.24, 2.45) is 5.41 Å². The van der Waals surface area contributed by atoms with Crippen molar-refractivity contribution in [2.75, 3.05) is 5.32 Å². The maximum absolute atomic E-state index is 13.7. The Balaban J connectivity index is 1.47. The van der Waals surface area contributed by atoms with Gasteiger partial charge in [0, 0.05) is 23.7 Å². The fourth-order valence-electron chi connectivity index (χ4n) is 4.60. The van der Waals surface area contributed by atoms with Gasteiger partial charge in [-0.2, -0.15) is 0 Å². The van der Waals surface area contributed by atoms with Gasteiger partial charge in [0.15, 0.2) is 0 Å². The van der Waals surface area contributed by atoms with Gasteiger partial charge < -0.3 is 15.3 Å². The summed E-state index contributed by atoms with van der Waals surface area (Å²) < 4.78 is 15.6. The molecule has 0 aliphatic carbocycles. The van der Waals surface area contributed by atoms with Crippen LogP contribution in [0.2, 0.25) is 0 Å². The van der Waals surface area contributed by atoms with E-state index in [9.17, 15) is 14.3 Å². The van der Waals surface area contributed by atoms with Gasteiger partial charge in [-0.25, -0.2) is 9.37 Å². The van der Waals surface area contributed by atoms with Crippen molar-refractivity contribution in [3.8, 4) is 11.3 Å². The van der Waals surface area contributed by atoms with Crippen molar-refractivity contribution < 1.29 is 14.3 Å². The lowest BCUT2D eigenvalue weighted by Gasteiger charge is -2.34. The summed E-state index contributed by atoms with van der Waals surface area (Å²) in [5.74, 6) is 0.831. The molecule has 7 heteroatoms. The Hall–Kier alpha value is -4.23. The number of imidazole rings is 1. The summed E-state index contributed by atoms with van der Waals surface area (Å²) in [7, 11) is 0. The molecule has 0 saturated heterocycles. The van der Waals surface area contributed by atoms with E-state index in [0.29, 0.717) is 17.1 Å². The molecule has 194 valence electrons. The van der Waals surface area contributed by atoms with Crippen LogP contribution < -0.4 is 5.32 Å². The molecule has 1 aromatic heterocycles. The minimum absolute atomic E-state index is 0.215. The lowest BCUT2D eigenvalue weighted by atomic mass is 9.81. The molecule has 1 unspecified atom stereocenters. The number of aromatic nitrogens is 2. The first-order valence-corrected chi connectivity index (χ1v) is 12.6. The van der Waals surface area contributed by atoms with E-state index in [0.717, 1.165) is 28.2 Å². The lowest BCUT2D eigenvalue weighted by Crippen LogP contribution is -2.42. The van der Waals surface area contributed by atoms with Crippen LogP contribution in [0.15, 0.2) is 79.0 Å². The highest BCUT2D eigenvalue weighted by Gasteiger charge is 2.40. The van der Waals surface area contributed by atoms with Gasteiger partial charge in [0.1, 0.15) is 23.2 Å². The fourth-order valence-corrected chi connectivity index (χ4v) is 4.60. The number of halogens is 1. The zero-order chi connectivity index (χ0) is 27.0. The van der Waals surface area contributed by atoms with Crippen LogP contribution in [0.5, 0.6) is 0 Å². The largest absolute Gasteiger partial charge is 0.387 e. The first-order chi connectivity index (χ1) is 18.1. The molecule has 1 atom stereocenters. The molecule has 38 heavy (non-hydrogen) atoms. The molecule has 1 aliphatic heterocycles. The molecule has 0 spiro atoms. The Morgan fingerprint density at radius 2 is 1.55 bits per heavy atom. The van der Waals surface area contributed by atoms with E-state index in [2.05, 4.69) is 5.32 Å². The van der Waals surface area contributed by atoms with E-state index < -0.39 is 11.5 Å². The van der Waals surface area contributed by atoms with Gasteiger partial charge in [0.05, 0.1) is 18.1 Å². The molecule has 2 N–H and O–H groups in total. The van der Waals surface area contributed by atoms with E-state index >= 15 is 0 Å². The highest BCUT2D eigenvalue weighted by Crippen LogP contribution is 2.38. The van der Waals surface area contributed by atoms with E-state index in [4.69, 9.17) is 4.98 Å². The summed E-state index contributed by atoms with van der Waals surface area (Å²) in [4.78, 5) is 20.1. The summed E-state index contributed by atoms with van der Waals surface area (Å²) in [6.07, 6.45) is 2.54. The zero-order valence-electron chi connectivity index (χ0n) is 21.9. The minimum atomic E-state index is -1.07. The number of fused-ring (bicyclic) bond motifs is 1. The van der Waals surface area contributed by atoms with Crippen molar-refractivity contribution in [3.63, 3.8) is 0 Å². The van der Waals surface area contributed by atoms with Gasteiger partial charge in [-0.3, -0.25) is 9.36 Å². The highest BCUT2D eigenvalue weighted by atomic mass is 19.1. The number of aliphatic hydroxyl groups excluding tert-OH is 1. The predicted octanol–water partition coefficient (Wildman–Crippen LogP) is 6.58. The van der Waals surface area contributed by atoms with Gasteiger partial charge >= 0.3 is 0 Å². The van der Waals surface area contributed by atoms with Crippen LogP contribution in [0.1, 0.15) is 42.5 Å². The highest BCUT2D eigenvalue weighted by molar-refractivity contribution is 5.85. The standard InChI is InChI=1S/C31H31FN4O2/c1-20-5-9-23(10-6-20)28(37)31(3,4)30(38)35-17-18-36-26(19-35)34-27(22-11-13-24(32)14-12-22)29(36)33-25-15-7-21(2)8-16-25/h5-18,28,33,37H,19H2,1-4H3. The number of carbonyl (C=O) groups excluding carboxylic acids is 1. The van der Waals surface area contributed by atoms with Crippen molar-refractivity contribution in [1.29, 1.82) is 0 Å². The van der Waals surface area contributed by atoms with Gasteiger partial charge in [-0.05, 0) is 69.7 Å². The topological polar surface area (TPSA) is 70.4 Å². The molecule has 5 rings (SSSR count). The van der Waals surface area contributed by atoms with Crippen LogP contribution in [0, 0.1) is 25.1 Å². The number of carbonyl (C=O) groups is 1. The summed E-state index contributed by atoms with van der Waals surface area (Å²) in [6.45, 7) is 7.74. The lowest BCUT2D eigenvalue weighted by molar-refractivity contribution is -0.145. The van der Waals surface area contributed by atoms with Crippen LogP contribution in [0.3, 0.4) is 0 Å². The number of amides is 1. The Kier molecular flexibility index (Phi) is 6.63. The Morgan fingerprint density at radius 3 is 2.18 bits per heavy atom. The number of nitrogens with one attached hydrogen (secondary N) is 1. The Bertz CT molecular complexity index is 1490. The minimum Gasteiger partial charge on any atom is -0.387 e. The summed E-state index contributed by atoms with van der Waals surface area (Å²) >= 11 is 0. The molecular weight excluding hydrogens is 479 g/mol. The first kappa shape index (κ1) is 25.4. The number of benzene rings is 3. The van der Waals surface area contributed by atoms with Gasteiger partial charge in [-0.1, -0.05) is 47.5 Å². The summed E-state index contributed by atoms with van der Waals surface area (Å²) in [5.41, 5.74) is 4.15. The second-order valence-electron chi connectivity index (χ2n) is 10.4. The molecule has 6 nitrogen and oxygen atoms in total. The molecule has 3 aromatic carbocycles. The van der Waals surface area contributed by atoms with Crippen molar-refractivity contribution in [3.05, 3.63) is 107 Å². The number of hydrogen-bond acceptors (Lipinski definition) is 4. The van der Waals surface area contributed by atoms with Crippen molar-refractivity contribution in [2.45, 2.75) is 40.3 Å². The SMILES string of the molecule is Cc1ccc(Nc2c(-c3ccc(F)cc3)nc3n2C=CN(C(=O)C(C)(C)C(O)c2ccc(C)cc2)C3)cc1. The van der Waals surface area contributed by atoms with E-state index in [1.807, 2.05) is 66.9 Å². The van der Waals surface area contributed by atoms with Crippen LogP contribution >= 0.6 is 0 Å². The van der Waals surface area contributed by atoms with Crippen LogP contribution in [0.4, 0.5) is 15.9 Å². The molecule has 1 aliphatic rings. The third-order valence-corrected chi connectivity index (χ3v) is 7.01. The fraction of sp³-hybridized carbons (Fsp3) is 0.226. The van der Waals surface area contributed by atoms with E-state index in [1.54, 1.807) is 43.3 Å². The molecule has 0 saturated carbocycles. The average Bonchev–Trinajstić information content (AvgIpc) is 3.27. The first-order valence-electron chi connectivity index (χ1n) is 12.6. The quantitative estimate of drug-likeness (QED) is 0.307. The Labute approximate surface area is 222 Å². The zero-order valence-corrected chi connectivity index (χ0v) is 21.9. The number of anilines is 2. The average molecular weight is 511 g/mol. The summed E-state index contributed by atoms with van der Waals surface area (Å²) in [6, 6.07) is 21.8. The van der Waals surface area contributed by atoms with E-state index in [1.165, 1.54) is 12.1 Å². The van der Waals surface area contributed by atoms with Crippen LogP contribution in [-0.2, 0) is 11.3 Å². The molecule has 0 fully saturated rings. The van der Waals surface area contributed by atoms with Gasteiger partial charge in [0.2, 0.25) is 5.91 Å². The second kappa shape index (κ2) is 9.91. The van der Waals surface area contributed by atoms with Crippen molar-refractivity contribution in [1.82, 2.24) is 14.5 Å². The van der Waals surface area contributed by atoms with E-state index in [-0.39, 0.29) is 18.3 Å². The summed E-state index contributed by atoms with van der Waals surface area (Å²) in [5, 5.41) is 14.6. The maximum Gasteiger partial charge on any atom is 0.235 e. The molecule has 0 radical (unpaired) electrons.